The molecule has 0 saturated carbocycles. The molecule has 114 valence electrons. The highest BCUT2D eigenvalue weighted by Crippen LogP contribution is 2.35. The lowest BCUT2D eigenvalue weighted by molar-refractivity contribution is 0.0961. The molecular weight excluding hydrogens is 260 g/mol. The Kier molecular flexibility index (Phi) is 4.32. The molecule has 1 aliphatic rings. The molecule has 1 saturated heterocycles. The van der Waals surface area contributed by atoms with Gasteiger partial charge in [0.05, 0.1) is 6.04 Å². The normalized spacial score (nSPS) is 21.8. The minimum atomic E-state index is 0.307. The van der Waals surface area contributed by atoms with Crippen LogP contribution in [0.3, 0.4) is 0 Å². The second-order valence-electron chi connectivity index (χ2n) is 6.09. The van der Waals surface area contributed by atoms with Gasteiger partial charge in [-0.15, -0.1) is 0 Å². The topological polar surface area (TPSA) is 42.4 Å². The third-order valence-corrected chi connectivity index (χ3v) is 4.90. The van der Waals surface area contributed by atoms with Gasteiger partial charge in [0.2, 0.25) is 0 Å². The Labute approximate surface area is 127 Å². The van der Waals surface area contributed by atoms with E-state index in [0.717, 1.165) is 30.9 Å². The summed E-state index contributed by atoms with van der Waals surface area (Å²) in [5, 5.41) is 1.27. The standard InChI is InChI=1S/C18H26N2O/c1-3-15-16-9-4-5-10-17(16)21-18(15)13(2)20-11-7-6-8-14(20)12-19/h4-5,9-10,13-14H,3,6-8,11-12,19H2,1-2H3. The molecule has 2 atom stereocenters. The summed E-state index contributed by atoms with van der Waals surface area (Å²) < 4.78 is 6.22. The van der Waals surface area contributed by atoms with Gasteiger partial charge in [0, 0.05) is 23.5 Å². The molecule has 2 unspecified atom stereocenters. The van der Waals surface area contributed by atoms with Crippen LogP contribution in [-0.4, -0.2) is 24.0 Å². The van der Waals surface area contributed by atoms with E-state index < -0.39 is 0 Å². The Morgan fingerprint density at radius 2 is 2.14 bits per heavy atom. The third kappa shape index (κ3) is 2.60. The van der Waals surface area contributed by atoms with E-state index in [-0.39, 0.29) is 0 Å². The minimum absolute atomic E-state index is 0.307. The second-order valence-corrected chi connectivity index (χ2v) is 6.09. The Morgan fingerprint density at radius 3 is 2.90 bits per heavy atom. The maximum absolute atomic E-state index is 6.22. The molecule has 0 aliphatic carbocycles. The van der Waals surface area contributed by atoms with Gasteiger partial charge < -0.3 is 10.2 Å². The molecule has 0 bridgehead atoms. The molecule has 0 amide bonds. The van der Waals surface area contributed by atoms with Crippen molar-refractivity contribution in [2.45, 2.75) is 51.6 Å². The quantitative estimate of drug-likeness (QED) is 0.927. The number of piperidine rings is 1. The molecule has 2 aromatic rings. The van der Waals surface area contributed by atoms with Gasteiger partial charge in [-0.2, -0.15) is 0 Å². The number of para-hydroxylation sites is 1. The summed E-state index contributed by atoms with van der Waals surface area (Å²) >= 11 is 0. The van der Waals surface area contributed by atoms with Crippen LogP contribution in [0.15, 0.2) is 28.7 Å². The van der Waals surface area contributed by atoms with Crippen molar-refractivity contribution in [3.63, 3.8) is 0 Å². The molecule has 1 aromatic carbocycles. The Balaban J connectivity index is 1.98. The van der Waals surface area contributed by atoms with Gasteiger partial charge >= 0.3 is 0 Å². The van der Waals surface area contributed by atoms with Crippen molar-refractivity contribution >= 4 is 11.0 Å². The van der Waals surface area contributed by atoms with Crippen molar-refractivity contribution in [2.75, 3.05) is 13.1 Å². The van der Waals surface area contributed by atoms with Crippen molar-refractivity contribution in [3.05, 3.63) is 35.6 Å². The summed E-state index contributed by atoms with van der Waals surface area (Å²) in [6.45, 7) is 6.35. The molecule has 3 nitrogen and oxygen atoms in total. The lowest BCUT2D eigenvalue weighted by atomic mass is 9.97. The summed E-state index contributed by atoms with van der Waals surface area (Å²) in [4.78, 5) is 2.54. The van der Waals surface area contributed by atoms with Crippen molar-refractivity contribution in [1.82, 2.24) is 4.90 Å². The molecule has 3 heteroatoms. The summed E-state index contributed by atoms with van der Waals surface area (Å²) in [5.74, 6) is 1.14. The van der Waals surface area contributed by atoms with E-state index in [1.165, 1.54) is 30.2 Å². The minimum Gasteiger partial charge on any atom is -0.459 e. The van der Waals surface area contributed by atoms with Gasteiger partial charge in [-0.25, -0.2) is 0 Å². The molecule has 1 aliphatic heterocycles. The van der Waals surface area contributed by atoms with Gasteiger partial charge in [-0.1, -0.05) is 31.5 Å². The van der Waals surface area contributed by atoms with E-state index in [1.807, 2.05) is 6.07 Å². The van der Waals surface area contributed by atoms with Crippen LogP contribution in [0.2, 0.25) is 0 Å². The maximum atomic E-state index is 6.22. The van der Waals surface area contributed by atoms with Gasteiger partial charge in [0.1, 0.15) is 11.3 Å². The van der Waals surface area contributed by atoms with Crippen LogP contribution < -0.4 is 5.73 Å². The molecule has 0 spiro atoms. The highest BCUT2D eigenvalue weighted by atomic mass is 16.3. The van der Waals surface area contributed by atoms with E-state index in [0.29, 0.717) is 12.1 Å². The van der Waals surface area contributed by atoms with Crippen molar-refractivity contribution in [1.29, 1.82) is 0 Å². The van der Waals surface area contributed by atoms with Crippen molar-refractivity contribution in [2.24, 2.45) is 5.73 Å². The average Bonchev–Trinajstić information content (AvgIpc) is 2.92. The average molecular weight is 286 g/mol. The molecular formula is C18H26N2O. The zero-order valence-corrected chi connectivity index (χ0v) is 13.1. The van der Waals surface area contributed by atoms with Gasteiger partial charge in [0.25, 0.3) is 0 Å². The number of likely N-dealkylation sites (tertiary alicyclic amines) is 1. The Morgan fingerprint density at radius 1 is 1.33 bits per heavy atom. The Bertz CT molecular complexity index is 604. The number of nitrogens with zero attached hydrogens (tertiary/aromatic N) is 1. The predicted molar refractivity (Wildman–Crippen MR) is 87.4 cm³/mol. The number of furan rings is 1. The van der Waals surface area contributed by atoms with Crippen LogP contribution in [-0.2, 0) is 6.42 Å². The molecule has 3 rings (SSSR count). The molecule has 2 N–H and O–H groups in total. The molecule has 1 fully saturated rings. The summed E-state index contributed by atoms with van der Waals surface area (Å²) in [7, 11) is 0. The van der Waals surface area contributed by atoms with E-state index >= 15 is 0 Å². The lowest BCUT2D eigenvalue weighted by Crippen LogP contribution is -2.45. The van der Waals surface area contributed by atoms with Crippen molar-refractivity contribution in [3.8, 4) is 0 Å². The van der Waals surface area contributed by atoms with Crippen LogP contribution in [0.4, 0.5) is 0 Å². The first-order valence-electron chi connectivity index (χ1n) is 8.22. The molecule has 0 radical (unpaired) electrons. The summed E-state index contributed by atoms with van der Waals surface area (Å²) in [5.41, 5.74) is 8.36. The Hall–Kier alpha value is -1.32. The first-order valence-corrected chi connectivity index (χ1v) is 8.22. The summed E-state index contributed by atoms with van der Waals surface area (Å²) in [6.07, 6.45) is 4.79. The fourth-order valence-electron chi connectivity index (χ4n) is 3.76. The van der Waals surface area contributed by atoms with Crippen LogP contribution in [0.25, 0.3) is 11.0 Å². The fourth-order valence-corrected chi connectivity index (χ4v) is 3.76. The number of nitrogens with two attached hydrogens (primary N) is 1. The maximum Gasteiger partial charge on any atom is 0.134 e. The first-order chi connectivity index (χ1) is 10.3. The number of rotatable bonds is 4. The zero-order valence-electron chi connectivity index (χ0n) is 13.1. The largest absolute Gasteiger partial charge is 0.459 e. The van der Waals surface area contributed by atoms with Crippen LogP contribution >= 0.6 is 0 Å². The van der Waals surface area contributed by atoms with E-state index in [2.05, 4.69) is 36.9 Å². The van der Waals surface area contributed by atoms with Crippen molar-refractivity contribution < 1.29 is 4.42 Å². The van der Waals surface area contributed by atoms with Crippen LogP contribution in [0, 0.1) is 0 Å². The van der Waals surface area contributed by atoms with Gasteiger partial charge in [-0.3, -0.25) is 4.90 Å². The third-order valence-electron chi connectivity index (χ3n) is 4.90. The number of hydrogen-bond acceptors (Lipinski definition) is 3. The van der Waals surface area contributed by atoms with Gasteiger partial charge in [-0.05, 0) is 38.8 Å². The number of fused-ring (bicyclic) bond motifs is 1. The van der Waals surface area contributed by atoms with E-state index in [1.54, 1.807) is 0 Å². The van der Waals surface area contributed by atoms with Crippen LogP contribution in [0.5, 0.6) is 0 Å². The van der Waals surface area contributed by atoms with Gasteiger partial charge in [0.15, 0.2) is 0 Å². The molecule has 2 heterocycles. The number of benzene rings is 1. The zero-order chi connectivity index (χ0) is 14.8. The summed E-state index contributed by atoms with van der Waals surface area (Å²) in [6, 6.07) is 9.18. The predicted octanol–water partition coefficient (Wildman–Crippen LogP) is 3.87. The van der Waals surface area contributed by atoms with E-state index in [4.69, 9.17) is 10.2 Å². The lowest BCUT2D eigenvalue weighted by Gasteiger charge is -2.38. The smallest absolute Gasteiger partial charge is 0.134 e. The number of aryl methyl sites for hydroxylation is 1. The highest BCUT2D eigenvalue weighted by molar-refractivity contribution is 5.82. The monoisotopic (exact) mass is 286 g/mol. The highest BCUT2D eigenvalue weighted by Gasteiger charge is 2.29. The SMILES string of the molecule is CCc1c(C(C)N2CCCCC2CN)oc2ccccc12. The first kappa shape index (κ1) is 14.6. The second kappa shape index (κ2) is 6.20. The fraction of sp³-hybridized carbons (Fsp3) is 0.556. The van der Waals surface area contributed by atoms with Crippen LogP contribution in [0.1, 0.15) is 50.5 Å². The van der Waals surface area contributed by atoms with E-state index in [9.17, 15) is 0 Å². The molecule has 21 heavy (non-hydrogen) atoms. The molecule has 1 aromatic heterocycles. The number of hydrogen-bond donors (Lipinski definition) is 1.